The molecule has 0 amide bonds. The molecule has 6 saturated heterocycles. The number of thiophene rings is 2. The average Bonchev–Trinajstić information content (AvgIpc) is 3.68. The zero-order valence-corrected chi connectivity index (χ0v) is 29.6. The summed E-state index contributed by atoms with van der Waals surface area (Å²) in [5, 5.41) is 10.6. The van der Waals surface area contributed by atoms with Gasteiger partial charge in [-0.15, -0.1) is 35.1 Å². The van der Waals surface area contributed by atoms with Gasteiger partial charge in [0.15, 0.2) is 5.78 Å². The Morgan fingerprint density at radius 3 is 1.74 bits per heavy atom. The number of aromatic nitrogens is 2. The number of nitrogens with zero attached hydrogens (tertiary/aromatic N) is 4. The predicted molar refractivity (Wildman–Crippen MR) is 191 cm³/mol. The monoisotopic (exact) mass is 683 g/mol. The Bertz CT molecular complexity index is 1600. The molecule has 0 aromatic carbocycles. The molecule has 248 valence electrons. The molecule has 4 aromatic rings. The molecule has 0 radical (unpaired) electrons. The normalized spacial score (nSPS) is 28.4. The first kappa shape index (κ1) is 34.9. The Labute approximate surface area is 285 Å². The van der Waals surface area contributed by atoms with Gasteiger partial charge < -0.3 is 10.8 Å². The molecule has 2 atom stereocenters. The number of carboxylic acids is 1. The lowest BCUT2D eigenvalue weighted by molar-refractivity contribution is -0.0643. The number of nitrogens with two attached hydrogens (primary N) is 1. The van der Waals surface area contributed by atoms with E-state index in [-0.39, 0.29) is 23.5 Å². The number of aromatic carboxylic acids is 1. The predicted octanol–water partition coefficient (Wildman–Crippen LogP) is 7.22. The Hall–Kier alpha value is -2.47. The average molecular weight is 684 g/mol. The number of fused-ring (bicyclic) bond motifs is 8. The Balaban J connectivity index is 0.000000147. The molecule has 4 aromatic heterocycles. The number of carboxylic acid groups (broad SMARTS) is 1. The van der Waals surface area contributed by atoms with Crippen molar-refractivity contribution in [3.63, 3.8) is 0 Å². The highest BCUT2D eigenvalue weighted by Gasteiger charge is 2.48. The zero-order valence-electron chi connectivity index (χ0n) is 27.1. The quantitative estimate of drug-likeness (QED) is 0.217. The van der Waals surface area contributed by atoms with Crippen LogP contribution < -0.4 is 5.73 Å². The van der Waals surface area contributed by atoms with Crippen LogP contribution in [0.1, 0.15) is 79.1 Å². The van der Waals surface area contributed by atoms with Crippen LogP contribution in [-0.2, 0) is 0 Å². The fourth-order valence-electron chi connectivity index (χ4n) is 8.02. The minimum Gasteiger partial charge on any atom is -0.477 e. The van der Waals surface area contributed by atoms with Gasteiger partial charge in [-0.3, -0.25) is 14.6 Å². The summed E-state index contributed by atoms with van der Waals surface area (Å²) in [5.74, 6) is 1.42. The topological polar surface area (TPSA) is 113 Å². The number of rotatable bonds is 4. The van der Waals surface area contributed by atoms with Gasteiger partial charge in [-0.25, -0.2) is 14.8 Å². The highest BCUT2D eigenvalue weighted by atomic mass is 35.5. The Morgan fingerprint density at radius 2 is 1.30 bits per heavy atom. The number of hydrogen-bond acceptors (Lipinski definition) is 9. The van der Waals surface area contributed by atoms with Crippen molar-refractivity contribution in [2.45, 2.75) is 76.9 Å². The highest BCUT2D eigenvalue weighted by Crippen LogP contribution is 2.46. The number of hydrogen-bond donors (Lipinski definition) is 2. The molecule has 46 heavy (non-hydrogen) atoms. The van der Waals surface area contributed by atoms with Crippen LogP contribution in [0.3, 0.4) is 0 Å². The first-order chi connectivity index (χ1) is 21.4. The minimum atomic E-state index is -0.891. The second-order valence-corrected chi connectivity index (χ2v) is 16.1. The summed E-state index contributed by atoms with van der Waals surface area (Å²) in [7, 11) is 0. The van der Waals surface area contributed by atoms with E-state index < -0.39 is 5.97 Å². The van der Waals surface area contributed by atoms with Crippen LogP contribution in [0.4, 0.5) is 0 Å². The SMILES string of the molecule is CC1(C)[C@H](CC(=O)c2cc3cccnc3s2)C2CCN1CC2.CC1(C)[C@H](N)C2CCN1CC2.Cl.O=C(O)c1cc2cccnc2s1. The highest BCUT2D eigenvalue weighted by molar-refractivity contribution is 7.20. The Kier molecular flexibility index (Phi) is 10.6. The molecular weight excluding hydrogens is 638 g/mol. The third-order valence-electron chi connectivity index (χ3n) is 11.0. The summed E-state index contributed by atoms with van der Waals surface area (Å²) < 4.78 is 0. The van der Waals surface area contributed by atoms with Crippen molar-refractivity contribution in [2.75, 3.05) is 26.2 Å². The summed E-state index contributed by atoms with van der Waals surface area (Å²) in [6, 6.07) is 11.7. The molecular formula is C35H46ClN5O3S2. The number of ketones is 1. The van der Waals surface area contributed by atoms with Crippen molar-refractivity contribution in [3.8, 4) is 0 Å². The van der Waals surface area contributed by atoms with Crippen LogP contribution in [0.15, 0.2) is 48.8 Å². The fraction of sp³-hybridized carbons (Fsp3) is 0.543. The number of Topliss-reactive ketones (excluding diaryl/α,β-unsaturated/α-hetero) is 1. The molecule has 10 rings (SSSR count). The lowest BCUT2D eigenvalue weighted by atomic mass is 9.65. The van der Waals surface area contributed by atoms with Gasteiger partial charge in [0.05, 0.1) is 4.88 Å². The van der Waals surface area contributed by atoms with Crippen molar-refractivity contribution in [1.82, 2.24) is 19.8 Å². The third kappa shape index (κ3) is 6.89. The number of piperidine rings is 6. The summed E-state index contributed by atoms with van der Waals surface area (Å²) >= 11 is 2.73. The van der Waals surface area contributed by atoms with Crippen LogP contribution in [0.5, 0.6) is 0 Å². The molecule has 10 heterocycles. The lowest BCUT2D eigenvalue weighted by Gasteiger charge is -2.56. The first-order valence-electron chi connectivity index (χ1n) is 16.2. The Morgan fingerprint density at radius 1 is 0.826 bits per heavy atom. The van der Waals surface area contributed by atoms with E-state index in [0.29, 0.717) is 29.0 Å². The number of carbonyl (C=O) groups excluding carboxylic acids is 1. The molecule has 6 aliphatic heterocycles. The van der Waals surface area contributed by atoms with Crippen LogP contribution in [0.2, 0.25) is 0 Å². The second-order valence-electron chi connectivity index (χ2n) is 14.0. The molecule has 11 heteroatoms. The summed E-state index contributed by atoms with van der Waals surface area (Å²) in [4.78, 5) is 39.8. The molecule has 8 nitrogen and oxygen atoms in total. The summed E-state index contributed by atoms with van der Waals surface area (Å²) in [6.45, 7) is 14.2. The number of carbonyl (C=O) groups is 2. The second kappa shape index (κ2) is 13.9. The van der Waals surface area contributed by atoms with Crippen molar-refractivity contribution >= 4 is 67.3 Å². The van der Waals surface area contributed by atoms with E-state index >= 15 is 0 Å². The molecule has 6 fully saturated rings. The molecule has 0 unspecified atom stereocenters. The van der Waals surface area contributed by atoms with Gasteiger partial charge in [0.2, 0.25) is 0 Å². The van der Waals surface area contributed by atoms with E-state index in [1.807, 2.05) is 24.3 Å². The van der Waals surface area contributed by atoms with Gasteiger partial charge in [-0.1, -0.05) is 12.1 Å². The van der Waals surface area contributed by atoms with E-state index in [2.05, 4.69) is 47.5 Å². The first-order valence-corrected chi connectivity index (χ1v) is 17.8. The summed E-state index contributed by atoms with van der Waals surface area (Å²) in [5.41, 5.74) is 6.58. The van der Waals surface area contributed by atoms with Gasteiger partial charge in [0.1, 0.15) is 14.5 Å². The largest absolute Gasteiger partial charge is 0.477 e. The molecule has 0 spiro atoms. The minimum absolute atomic E-state index is 0. The maximum Gasteiger partial charge on any atom is 0.345 e. The molecule has 3 N–H and O–H groups in total. The van der Waals surface area contributed by atoms with E-state index in [9.17, 15) is 9.59 Å². The van der Waals surface area contributed by atoms with Crippen LogP contribution in [0, 0.1) is 17.8 Å². The van der Waals surface area contributed by atoms with Gasteiger partial charge in [-0.05, 0) is 122 Å². The smallest absolute Gasteiger partial charge is 0.345 e. The fourth-order valence-corrected chi connectivity index (χ4v) is 9.81. The standard InChI is InChI=1S/C18H22N2OS.C9H18N2.C8H5NO2S.ClH/c1-18(2)14(12-5-8-20(18)9-6-12)11-15(21)16-10-13-4-3-7-19-17(13)22-16;1-9(2)8(10)7-3-5-11(9)6-4-7;10-8(11)6-4-5-2-1-3-9-7(5)12-6;/h3-4,7,10,12,14H,5-6,8-9,11H2,1-2H3;7-8H,3-6,10H2,1-2H3;1-4H,(H,10,11);1H/t14-;8-;;/m11../s1. The molecule has 0 aliphatic carbocycles. The molecule has 6 aliphatic rings. The van der Waals surface area contributed by atoms with E-state index in [4.69, 9.17) is 10.8 Å². The number of halogens is 1. The third-order valence-corrected chi connectivity index (χ3v) is 13.1. The maximum atomic E-state index is 12.8. The van der Waals surface area contributed by atoms with Gasteiger partial charge in [0.25, 0.3) is 0 Å². The van der Waals surface area contributed by atoms with Crippen LogP contribution in [-0.4, -0.2) is 79.9 Å². The number of pyridine rings is 2. The van der Waals surface area contributed by atoms with Crippen molar-refractivity contribution < 1.29 is 14.7 Å². The van der Waals surface area contributed by atoms with Crippen LogP contribution >= 0.6 is 35.1 Å². The van der Waals surface area contributed by atoms with E-state index in [0.717, 1.165) is 37.1 Å². The maximum absolute atomic E-state index is 12.8. The van der Waals surface area contributed by atoms with E-state index in [1.165, 1.54) is 74.5 Å². The van der Waals surface area contributed by atoms with Crippen LogP contribution in [0.25, 0.3) is 20.4 Å². The van der Waals surface area contributed by atoms with Crippen molar-refractivity contribution in [3.05, 3.63) is 58.5 Å². The van der Waals surface area contributed by atoms with Crippen molar-refractivity contribution in [2.24, 2.45) is 23.5 Å². The van der Waals surface area contributed by atoms with Gasteiger partial charge in [-0.2, -0.15) is 0 Å². The zero-order chi connectivity index (χ0) is 31.9. The van der Waals surface area contributed by atoms with E-state index in [1.54, 1.807) is 24.5 Å². The van der Waals surface area contributed by atoms with Gasteiger partial charge in [0, 0.05) is 46.7 Å². The van der Waals surface area contributed by atoms with Crippen molar-refractivity contribution in [1.29, 1.82) is 0 Å². The summed E-state index contributed by atoms with van der Waals surface area (Å²) in [6.07, 6.45) is 9.30. The van der Waals surface area contributed by atoms with Gasteiger partial charge >= 0.3 is 5.97 Å². The molecule has 0 saturated carbocycles. The molecule has 4 bridgehead atoms. The lowest BCUT2D eigenvalue weighted by Crippen LogP contribution is -2.67.